The van der Waals surface area contributed by atoms with E-state index < -0.39 is 35.3 Å². The Morgan fingerprint density at radius 1 is 1.32 bits per heavy atom. The van der Waals surface area contributed by atoms with Crippen LogP contribution in [0.2, 0.25) is 0 Å². The van der Waals surface area contributed by atoms with Crippen LogP contribution in [-0.2, 0) is 27.1 Å². The molecule has 0 aliphatic heterocycles. The standard InChI is InChI=1S/C20H22N2O8S/c1-10(2)29-20(25)17-12-5-4-11(3)8-14(12)31-18(17)21-15(23)9-28-19(24)13-6-7-16(30-13)22(26)27/h6-7,10-11H,4-5,8-9H2,1-3H3,(H,21,23). The van der Waals surface area contributed by atoms with Crippen molar-refractivity contribution >= 4 is 40.1 Å². The maximum absolute atomic E-state index is 12.7. The lowest BCUT2D eigenvalue weighted by molar-refractivity contribution is -0.402. The lowest BCUT2D eigenvalue weighted by Gasteiger charge is -2.18. The molecule has 1 atom stereocenters. The molecule has 0 aromatic carbocycles. The molecular weight excluding hydrogens is 428 g/mol. The van der Waals surface area contributed by atoms with Crippen molar-refractivity contribution in [1.82, 2.24) is 0 Å². The monoisotopic (exact) mass is 450 g/mol. The van der Waals surface area contributed by atoms with Crippen LogP contribution in [0.15, 0.2) is 16.5 Å². The number of anilines is 1. The second kappa shape index (κ2) is 9.29. The summed E-state index contributed by atoms with van der Waals surface area (Å²) in [4.78, 5) is 47.8. The Balaban J connectivity index is 1.70. The average Bonchev–Trinajstić information content (AvgIpc) is 3.30. The van der Waals surface area contributed by atoms with Gasteiger partial charge < -0.3 is 19.2 Å². The molecule has 1 amide bonds. The van der Waals surface area contributed by atoms with Gasteiger partial charge in [-0.2, -0.15) is 0 Å². The van der Waals surface area contributed by atoms with Crippen molar-refractivity contribution in [2.24, 2.45) is 5.92 Å². The Kier molecular flexibility index (Phi) is 6.74. The Morgan fingerprint density at radius 3 is 2.71 bits per heavy atom. The van der Waals surface area contributed by atoms with Crippen LogP contribution < -0.4 is 5.32 Å². The maximum atomic E-state index is 12.7. The van der Waals surface area contributed by atoms with Crippen molar-refractivity contribution in [2.45, 2.75) is 46.1 Å². The van der Waals surface area contributed by atoms with E-state index in [1.807, 2.05) is 0 Å². The van der Waals surface area contributed by atoms with Gasteiger partial charge >= 0.3 is 17.8 Å². The van der Waals surface area contributed by atoms with Gasteiger partial charge in [0.2, 0.25) is 5.76 Å². The summed E-state index contributed by atoms with van der Waals surface area (Å²) in [5, 5.41) is 13.6. The van der Waals surface area contributed by atoms with Gasteiger partial charge in [0.25, 0.3) is 5.91 Å². The van der Waals surface area contributed by atoms with Crippen LogP contribution in [0.1, 0.15) is 58.5 Å². The minimum Gasteiger partial charge on any atom is -0.459 e. The van der Waals surface area contributed by atoms with E-state index in [-0.39, 0.29) is 11.9 Å². The largest absolute Gasteiger partial charge is 0.459 e. The van der Waals surface area contributed by atoms with Gasteiger partial charge in [-0.3, -0.25) is 14.9 Å². The summed E-state index contributed by atoms with van der Waals surface area (Å²) < 4.78 is 15.0. The van der Waals surface area contributed by atoms with Gasteiger partial charge in [0.05, 0.1) is 17.7 Å². The first-order chi connectivity index (χ1) is 14.7. The summed E-state index contributed by atoms with van der Waals surface area (Å²) in [5.41, 5.74) is 1.24. The first-order valence-corrected chi connectivity index (χ1v) is 10.5. The summed E-state index contributed by atoms with van der Waals surface area (Å²) in [5.74, 6) is -2.69. The summed E-state index contributed by atoms with van der Waals surface area (Å²) in [7, 11) is 0. The van der Waals surface area contributed by atoms with Crippen molar-refractivity contribution in [3.05, 3.63) is 44.0 Å². The molecule has 0 radical (unpaired) electrons. The number of fused-ring (bicyclic) bond motifs is 1. The molecule has 1 aliphatic rings. The SMILES string of the molecule is CC1CCc2c(sc(NC(=O)COC(=O)c3ccc([N+](=O)[O-])o3)c2C(=O)OC(C)C)C1. The number of nitrogens with zero attached hydrogens (tertiary/aromatic N) is 1. The van der Waals surface area contributed by atoms with Gasteiger partial charge in [0.15, 0.2) is 6.61 Å². The number of nitro groups is 1. The number of furan rings is 1. The van der Waals surface area contributed by atoms with E-state index in [9.17, 15) is 24.5 Å². The maximum Gasteiger partial charge on any atom is 0.433 e. The highest BCUT2D eigenvalue weighted by atomic mass is 32.1. The minimum absolute atomic E-state index is 0.313. The molecule has 2 aromatic heterocycles. The summed E-state index contributed by atoms with van der Waals surface area (Å²) in [6.45, 7) is 4.97. The zero-order valence-corrected chi connectivity index (χ0v) is 18.1. The normalized spacial score (nSPS) is 15.3. The van der Waals surface area contributed by atoms with E-state index in [4.69, 9.17) is 13.9 Å². The quantitative estimate of drug-likeness (QED) is 0.382. The van der Waals surface area contributed by atoms with E-state index in [0.29, 0.717) is 16.5 Å². The van der Waals surface area contributed by atoms with E-state index in [0.717, 1.165) is 41.8 Å². The Morgan fingerprint density at radius 2 is 2.06 bits per heavy atom. The molecule has 1 aliphatic carbocycles. The molecule has 1 N–H and O–H groups in total. The molecule has 3 rings (SSSR count). The molecule has 2 heterocycles. The predicted molar refractivity (Wildman–Crippen MR) is 110 cm³/mol. The molecular formula is C20H22N2O8S. The highest BCUT2D eigenvalue weighted by Gasteiger charge is 2.30. The fourth-order valence-corrected chi connectivity index (χ4v) is 4.64. The molecule has 0 spiro atoms. The summed E-state index contributed by atoms with van der Waals surface area (Å²) in [6, 6.07) is 2.10. The smallest absolute Gasteiger partial charge is 0.433 e. The van der Waals surface area contributed by atoms with Gasteiger partial charge in [-0.25, -0.2) is 9.59 Å². The topological polar surface area (TPSA) is 138 Å². The van der Waals surface area contributed by atoms with Gasteiger partial charge in [-0.15, -0.1) is 11.3 Å². The van der Waals surface area contributed by atoms with Crippen molar-refractivity contribution in [2.75, 3.05) is 11.9 Å². The molecule has 1 unspecified atom stereocenters. The van der Waals surface area contributed by atoms with Crippen molar-refractivity contribution in [3.8, 4) is 0 Å². The fourth-order valence-electron chi connectivity index (χ4n) is 3.23. The van der Waals surface area contributed by atoms with Gasteiger partial charge in [0, 0.05) is 4.88 Å². The van der Waals surface area contributed by atoms with E-state index in [1.165, 1.54) is 11.3 Å². The Bertz CT molecular complexity index is 1020. The van der Waals surface area contributed by atoms with E-state index >= 15 is 0 Å². The molecule has 31 heavy (non-hydrogen) atoms. The van der Waals surface area contributed by atoms with Crippen LogP contribution in [0.5, 0.6) is 0 Å². The second-order valence-corrected chi connectivity index (χ2v) is 8.63. The van der Waals surface area contributed by atoms with E-state index in [1.54, 1.807) is 13.8 Å². The number of amides is 1. The fraction of sp³-hybridized carbons (Fsp3) is 0.450. The van der Waals surface area contributed by atoms with Crippen molar-refractivity contribution < 1.29 is 33.2 Å². The van der Waals surface area contributed by atoms with Gasteiger partial charge in [0.1, 0.15) is 9.92 Å². The molecule has 0 saturated carbocycles. The number of hydrogen-bond acceptors (Lipinski definition) is 9. The highest BCUT2D eigenvalue weighted by molar-refractivity contribution is 7.17. The molecule has 0 fully saturated rings. The first-order valence-electron chi connectivity index (χ1n) is 9.72. The van der Waals surface area contributed by atoms with Gasteiger partial charge in [-0.05, 0) is 50.7 Å². The molecule has 11 heteroatoms. The Hall–Kier alpha value is -3.21. The summed E-state index contributed by atoms with van der Waals surface area (Å²) >= 11 is 1.32. The van der Waals surface area contributed by atoms with Crippen LogP contribution in [0.4, 0.5) is 10.9 Å². The van der Waals surface area contributed by atoms with E-state index in [2.05, 4.69) is 12.2 Å². The van der Waals surface area contributed by atoms with Crippen LogP contribution in [-0.4, -0.2) is 35.5 Å². The molecule has 0 bridgehead atoms. The van der Waals surface area contributed by atoms with Gasteiger partial charge in [-0.1, -0.05) is 6.92 Å². The number of carbonyl (C=O) groups excluding carboxylic acids is 3. The molecule has 166 valence electrons. The minimum atomic E-state index is -1.01. The Labute approximate surface area is 181 Å². The average molecular weight is 450 g/mol. The number of esters is 2. The number of nitrogens with one attached hydrogen (secondary N) is 1. The van der Waals surface area contributed by atoms with Crippen LogP contribution in [0, 0.1) is 16.0 Å². The third-order valence-corrected chi connectivity index (χ3v) is 5.79. The molecule has 0 saturated heterocycles. The number of ether oxygens (including phenoxy) is 2. The lowest BCUT2D eigenvalue weighted by atomic mass is 9.88. The molecule has 2 aromatic rings. The highest BCUT2D eigenvalue weighted by Crippen LogP contribution is 2.40. The summed E-state index contributed by atoms with van der Waals surface area (Å²) in [6.07, 6.45) is 2.15. The van der Waals surface area contributed by atoms with Crippen molar-refractivity contribution in [1.29, 1.82) is 0 Å². The predicted octanol–water partition coefficient (Wildman–Crippen LogP) is 3.73. The van der Waals surface area contributed by atoms with Crippen LogP contribution in [0.3, 0.4) is 0 Å². The third kappa shape index (κ3) is 5.29. The zero-order valence-electron chi connectivity index (χ0n) is 17.3. The van der Waals surface area contributed by atoms with Crippen LogP contribution >= 0.6 is 11.3 Å². The zero-order chi connectivity index (χ0) is 22.7. The third-order valence-electron chi connectivity index (χ3n) is 4.62. The van der Waals surface area contributed by atoms with Crippen molar-refractivity contribution in [3.63, 3.8) is 0 Å². The number of thiophene rings is 1. The first kappa shape index (κ1) is 22.5. The number of hydrogen-bond donors (Lipinski definition) is 1. The van der Waals surface area contributed by atoms with Crippen LogP contribution in [0.25, 0.3) is 0 Å². The lowest BCUT2D eigenvalue weighted by Crippen LogP contribution is -2.22. The number of rotatable bonds is 7. The number of carbonyl (C=O) groups is 3. The molecule has 10 nitrogen and oxygen atoms in total. The second-order valence-electron chi connectivity index (χ2n) is 7.53.